The Kier molecular flexibility index (Phi) is 10.2. The van der Waals surface area contributed by atoms with Crippen LogP contribution in [0.5, 0.6) is 0 Å². The largest absolute Gasteiger partial charge is 0.357 e. The van der Waals surface area contributed by atoms with Crippen molar-refractivity contribution in [2.24, 2.45) is 4.99 Å². The number of amides is 1. The van der Waals surface area contributed by atoms with Gasteiger partial charge in [0.25, 0.3) is 0 Å². The van der Waals surface area contributed by atoms with E-state index in [1.54, 1.807) is 23.6 Å². The van der Waals surface area contributed by atoms with E-state index >= 15 is 0 Å². The number of aliphatic imine (C=N–C) groups is 1. The molecule has 0 aliphatic carbocycles. The van der Waals surface area contributed by atoms with Crippen LogP contribution in [0, 0.1) is 13.8 Å². The number of aromatic nitrogens is 2. The lowest BCUT2D eigenvalue weighted by molar-refractivity contribution is -0.116. The molecular formula is C18H27IN6OS. The summed E-state index contributed by atoms with van der Waals surface area (Å²) in [7, 11) is 1.96. The first-order valence-electron chi connectivity index (χ1n) is 8.61. The maximum atomic E-state index is 12.0. The molecule has 1 amide bonds. The van der Waals surface area contributed by atoms with Crippen LogP contribution in [-0.4, -0.2) is 46.9 Å². The summed E-state index contributed by atoms with van der Waals surface area (Å²) in [6.07, 6.45) is 2.03. The zero-order valence-corrected chi connectivity index (χ0v) is 19.3. The van der Waals surface area contributed by atoms with Gasteiger partial charge >= 0.3 is 0 Å². The lowest BCUT2D eigenvalue weighted by atomic mass is 10.3. The van der Waals surface area contributed by atoms with Gasteiger partial charge < -0.3 is 15.5 Å². The number of rotatable bonds is 7. The lowest BCUT2D eigenvalue weighted by Crippen LogP contribution is -2.38. The van der Waals surface area contributed by atoms with Crippen molar-refractivity contribution in [2.45, 2.75) is 33.7 Å². The molecule has 0 bridgehead atoms. The average Bonchev–Trinajstić information content (AvgIpc) is 3.01. The molecule has 0 unspecified atom stereocenters. The number of nitrogens with zero attached hydrogens (tertiary/aromatic N) is 4. The van der Waals surface area contributed by atoms with Gasteiger partial charge in [-0.25, -0.2) is 9.97 Å². The van der Waals surface area contributed by atoms with Gasteiger partial charge in [-0.15, -0.1) is 35.3 Å². The second kappa shape index (κ2) is 11.9. The highest BCUT2D eigenvalue weighted by Crippen LogP contribution is 2.10. The van der Waals surface area contributed by atoms with E-state index in [-0.39, 0.29) is 29.9 Å². The van der Waals surface area contributed by atoms with Crippen LogP contribution in [0.2, 0.25) is 0 Å². The molecule has 0 atom stereocenters. The third kappa shape index (κ3) is 8.21. The van der Waals surface area contributed by atoms with E-state index in [1.165, 1.54) is 0 Å². The summed E-state index contributed by atoms with van der Waals surface area (Å²) in [5, 5.41) is 9.14. The Balaban J connectivity index is 0.00000364. The highest BCUT2D eigenvalue weighted by Gasteiger charge is 2.09. The Bertz CT molecular complexity index is 747. The standard InChI is InChI=1S/C18H26N6OS.HI/c1-5-19-18(24(4)11-15-12-26-14(3)22-15)20-9-8-17(25)23-16-7-6-13(2)10-21-16;/h6-7,10,12H,5,8-9,11H2,1-4H3,(H,19,20)(H,21,23,25);1H. The first-order chi connectivity index (χ1) is 12.5. The van der Waals surface area contributed by atoms with E-state index in [0.717, 1.165) is 28.8 Å². The summed E-state index contributed by atoms with van der Waals surface area (Å²) in [4.78, 5) is 27.2. The summed E-state index contributed by atoms with van der Waals surface area (Å²) < 4.78 is 0. The summed E-state index contributed by atoms with van der Waals surface area (Å²) in [5.74, 6) is 1.23. The van der Waals surface area contributed by atoms with Crippen molar-refractivity contribution in [2.75, 3.05) is 25.5 Å². The summed E-state index contributed by atoms with van der Waals surface area (Å²) in [6.45, 7) is 7.81. The number of halogens is 1. The minimum absolute atomic E-state index is 0. The Morgan fingerprint density at radius 3 is 2.70 bits per heavy atom. The molecule has 0 fully saturated rings. The summed E-state index contributed by atoms with van der Waals surface area (Å²) >= 11 is 1.64. The minimum atomic E-state index is -0.0984. The topological polar surface area (TPSA) is 82.5 Å². The number of pyridine rings is 1. The highest BCUT2D eigenvalue weighted by molar-refractivity contribution is 14.0. The number of aryl methyl sites for hydroxylation is 2. The predicted octanol–water partition coefficient (Wildman–Crippen LogP) is 3.20. The quantitative estimate of drug-likeness (QED) is 0.345. The molecule has 27 heavy (non-hydrogen) atoms. The van der Waals surface area contributed by atoms with Crippen LogP contribution < -0.4 is 10.6 Å². The number of nitrogens with one attached hydrogen (secondary N) is 2. The number of guanidine groups is 1. The fraction of sp³-hybridized carbons (Fsp3) is 0.444. The van der Waals surface area contributed by atoms with Gasteiger partial charge in [0, 0.05) is 31.6 Å². The van der Waals surface area contributed by atoms with Crippen LogP contribution in [-0.2, 0) is 11.3 Å². The molecule has 2 aromatic heterocycles. The van der Waals surface area contributed by atoms with Crippen molar-refractivity contribution in [1.29, 1.82) is 0 Å². The van der Waals surface area contributed by atoms with Gasteiger partial charge in [-0.3, -0.25) is 9.79 Å². The molecule has 2 aromatic rings. The molecule has 0 saturated carbocycles. The normalized spacial score (nSPS) is 10.9. The van der Waals surface area contributed by atoms with E-state index in [4.69, 9.17) is 0 Å². The Labute approximate surface area is 181 Å². The van der Waals surface area contributed by atoms with Crippen molar-refractivity contribution < 1.29 is 4.79 Å². The van der Waals surface area contributed by atoms with E-state index in [0.29, 0.717) is 25.3 Å². The summed E-state index contributed by atoms with van der Waals surface area (Å²) in [5.41, 5.74) is 2.07. The molecule has 9 heteroatoms. The van der Waals surface area contributed by atoms with E-state index in [9.17, 15) is 4.79 Å². The van der Waals surface area contributed by atoms with E-state index in [1.807, 2.05) is 38.8 Å². The molecule has 0 radical (unpaired) electrons. The number of hydrogen-bond donors (Lipinski definition) is 2. The van der Waals surface area contributed by atoms with Crippen LogP contribution in [0.4, 0.5) is 5.82 Å². The zero-order valence-electron chi connectivity index (χ0n) is 16.2. The van der Waals surface area contributed by atoms with Crippen molar-refractivity contribution in [3.8, 4) is 0 Å². The number of anilines is 1. The summed E-state index contributed by atoms with van der Waals surface area (Å²) in [6, 6.07) is 3.71. The van der Waals surface area contributed by atoms with Crippen LogP contribution in [0.3, 0.4) is 0 Å². The monoisotopic (exact) mass is 502 g/mol. The van der Waals surface area contributed by atoms with Crippen molar-refractivity contribution >= 4 is 53.0 Å². The first kappa shape index (κ1) is 23.3. The van der Waals surface area contributed by atoms with Gasteiger partial charge in [0.15, 0.2) is 5.96 Å². The van der Waals surface area contributed by atoms with Crippen LogP contribution in [0.25, 0.3) is 0 Å². The number of thiazole rings is 1. The fourth-order valence-electron chi connectivity index (χ4n) is 2.28. The molecular weight excluding hydrogens is 475 g/mol. The first-order valence-corrected chi connectivity index (χ1v) is 9.49. The number of hydrogen-bond acceptors (Lipinski definition) is 5. The fourth-order valence-corrected chi connectivity index (χ4v) is 2.88. The van der Waals surface area contributed by atoms with E-state index in [2.05, 4.69) is 31.0 Å². The van der Waals surface area contributed by atoms with Crippen LogP contribution in [0.15, 0.2) is 28.7 Å². The third-order valence-electron chi connectivity index (χ3n) is 3.54. The molecule has 0 aliphatic rings. The second-order valence-electron chi connectivity index (χ2n) is 5.97. The molecule has 2 heterocycles. The minimum Gasteiger partial charge on any atom is -0.357 e. The molecule has 2 N–H and O–H groups in total. The van der Waals surface area contributed by atoms with Crippen molar-refractivity contribution in [3.05, 3.63) is 40.0 Å². The van der Waals surface area contributed by atoms with Gasteiger partial charge in [-0.05, 0) is 32.4 Å². The zero-order chi connectivity index (χ0) is 18.9. The predicted molar refractivity (Wildman–Crippen MR) is 122 cm³/mol. The van der Waals surface area contributed by atoms with Crippen LogP contribution >= 0.6 is 35.3 Å². The molecule has 148 valence electrons. The smallest absolute Gasteiger partial charge is 0.227 e. The molecule has 0 spiro atoms. The SMILES string of the molecule is CCNC(=NCCC(=O)Nc1ccc(C)cn1)N(C)Cc1csc(C)n1.I. The Hall–Kier alpha value is -1.75. The lowest BCUT2D eigenvalue weighted by Gasteiger charge is -2.21. The maximum Gasteiger partial charge on any atom is 0.227 e. The van der Waals surface area contributed by atoms with Gasteiger partial charge in [-0.2, -0.15) is 0 Å². The molecule has 0 saturated heterocycles. The van der Waals surface area contributed by atoms with E-state index < -0.39 is 0 Å². The van der Waals surface area contributed by atoms with Gasteiger partial charge in [0.2, 0.25) is 5.91 Å². The molecule has 7 nitrogen and oxygen atoms in total. The average molecular weight is 502 g/mol. The Morgan fingerprint density at radius 1 is 1.33 bits per heavy atom. The van der Waals surface area contributed by atoms with Gasteiger partial charge in [0.05, 0.1) is 23.8 Å². The number of carbonyl (C=O) groups is 1. The molecule has 0 aliphatic heterocycles. The second-order valence-corrected chi connectivity index (χ2v) is 7.03. The number of carbonyl (C=O) groups excluding carboxylic acids is 1. The maximum absolute atomic E-state index is 12.0. The molecule has 0 aromatic carbocycles. The van der Waals surface area contributed by atoms with Crippen molar-refractivity contribution in [1.82, 2.24) is 20.2 Å². The van der Waals surface area contributed by atoms with Crippen LogP contribution in [0.1, 0.15) is 29.6 Å². The highest BCUT2D eigenvalue weighted by atomic mass is 127. The van der Waals surface area contributed by atoms with Gasteiger partial charge in [0.1, 0.15) is 5.82 Å². The molecule has 2 rings (SSSR count). The van der Waals surface area contributed by atoms with Crippen molar-refractivity contribution in [3.63, 3.8) is 0 Å². The third-order valence-corrected chi connectivity index (χ3v) is 4.36. The Morgan fingerprint density at radius 2 is 2.11 bits per heavy atom. The van der Waals surface area contributed by atoms with Gasteiger partial charge in [-0.1, -0.05) is 6.07 Å².